The second-order valence-electron chi connectivity index (χ2n) is 6.46. The fraction of sp³-hybridized carbons (Fsp3) is 0.318. The fourth-order valence-corrected chi connectivity index (χ4v) is 2.98. The van der Waals surface area contributed by atoms with E-state index in [0.29, 0.717) is 6.61 Å². The van der Waals surface area contributed by atoms with Crippen molar-refractivity contribution in [2.24, 2.45) is 0 Å². The van der Waals surface area contributed by atoms with E-state index in [0.717, 1.165) is 42.3 Å². The molecule has 1 atom stereocenters. The molecule has 0 fully saturated rings. The number of benzene rings is 2. The van der Waals surface area contributed by atoms with Crippen LogP contribution in [0.3, 0.4) is 0 Å². The van der Waals surface area contributed by atoms with Gasteiger partial charge in [-0.05, 0) is 49.1 Å². The first-order valence-electron chi connectivity index (χ1n) is 9.33. The van der Waals surface area contributed by atoms with Gasteiger partial charge in [0.15, 0.2) is 11.5 Å². The molecule has 0 radical (unpaired) electrons. The topological polar surface area (TPSA) is 36.3 Å². The number of ether oxygens (including phenoxy) is 2. The molecule has 142 valence electrons. The second kappa shape index (κ2) is 10.0. The molecule has 0 saturated carbocycles. The lowest BCUT2D eigenvalue weighted by molar-refractivity contribution is 0.161. The van der Waals surface area contributed by atoms with Gasteiger partial charge in [-0.2, -0.15) is 0 Å². The summed E-state index contributed by atoms with van der Waals surface area (Å²) in [5.41, 5.74) is 1.24. The molecule has 0 amide bonds. The third-order valence-corrected chi connectivity index (χ3v) is 4.50. The van der Waals surface area contributed by atoms with E-state index in [4.69, 9.17) is 21.1 Å². The van der Waals surface area contributed by atoms with E-state index in [1.807, 2.05) is 53.5 Å². The average molecular weight is 385 g/mol. The number of hydrogen-bond acceptors (Lipinski definition) is 3. The van der Waals surface area contributed by atoms with Gasteiger partial charge in [0.2, 0.25) is 0 Å². The van der Waals surface area contributed by atoms with Gasteiger partial charge >= 0.3 is 0 Å². The predicted octanol–water partition coefficient (Wildman–Crippen LogP) is 5.41. The van der Waals surface area contributed by atoms with Gasteiger partial charge in [-0.15, -0.1) is 0 Å². The molecular weight excluding hydrogens is 360 g/mol. The number of nitrogens with zero attached hydrogens (tertiary/aromatic N) is 2. The van der Waals surface area contributed by atoms with Crippen molar-refractivity contribution in [1.29, 1.82) is 0 Å². The first-order valence-corrected chi connectivity index (χ1v) is 9.71. The summed E-state index contributed by atoms with van der Waals surface area (Å²) in [5, 5.41) is 0.756. The van der Waals surface area contributed by atoms with Gasteiger partial charge in [0.05, 0.1) is 19.5 Å². The number of aryl methyl sites for hydroxylation is 1. The lowest BCUT2D eigenvalue weighted by atomic mass is 10.1. The number of rotatable bonds is 10. The zero-order valence-electron chi connectivity index (χ0n) is 15.6. The highest BCUT2D eigenvalue weighted by Crippen LogP contribution is 2.28. The van der Waals surface area contributed by atoms with E-state index in [-0.39, 0.29) is 6.10 Å². The van der Waals surface area contributed by atoms with Gasteiger partial charge in [-0.1, -0.05) is 42.8 Å². The van der Waals surface area contributed by atoms with Crippen molar-refractivity contribution in [3.05, 3.63) is 77.8 Å². The predicted molar refractivity (Wildman–Crippen MR) is 109 cm³/mol. The molecule has 0 aliphatic heterocycles. The highest BCUT2D eigenvalue weighted by molar-refractivity contribution is 6.30. The maximum Gasteiger partial charge on any atom is 0.161 e. The Hall–Kier alpha value is -2.46. The molecular formula is C22H25ClN2O2. The summed E-state index contributed by atoms with van der Waals surface area (Å²) < 4.78 is 14.2. The molecule has 0 saturated heterocycles. The first-order chi connectivity index (χ1) is 13.2. The van der Waals surface area contributed by atoms with Crippen molar-refractivity contribution in [3.8, 4) is 11.5 Å². The summed E-state index contributed by atoms with van der Waals surface area (Å²) in [7, 11) is 0. The molecule has 1 aromatic heterocycles. The van der Waals surface area contributed by atoms with Crippen molar-refractivity contribution < 1.29 is 9.47 Å². The summed E-state index contributed by atoms with van der Waals surface area (Å²) in [6, 6.07) is 15.8. The Bertz CT molecular complexity index is 803. The minimum atomic E-state index is 0.00116. The zero-order chi connectivity index (χ0) is 18.9. The molecule has 0 aliphatic rings. The second-order valence-corrected chi connectivity index (χ2v) is 6.90. The molecule has 0 spiro atoms. The minimum absolute atomic E-state index is 0.00116. The van der Waals surface area contributed by atoms with Crippen molar-refractivity contribution in [3.63, 3.8) is 0 Å². The van der Waals surface area contributed by atoms with Gasteiger partial charge in [0.1, 0.15) is 6.10 Å². The number of aromatic nitrogens is 2. The van der Waals surface area contributed by atoms with Crippen molar-refractivity contribution in [1.82, 2.24) is 9.55 Å². The van der Waals surface area contributed by atoms with E-state index < -0.39 is 0 Å². The quantitative estimate of drug-likeness (QED) is 0.469. The molecule has 5 heteroatoms. The van der Waals surface area contributed by atoms with Crippen LogP contribution in [-0.4, -0.2) is 22.3 Å². The first kappa shape index (κ1) is 19.3. The molecule has 1 unspecified atom stereocenters. The molecule has 0 bridgehead atoms. The Kier molecular flexibility index (Phi) is 7.17. The molecule has 4 nitrogen and oxygen atoms in total. The van der Waals surface area contributed by atoms with Crippen LogP contribution in [-0.2, 0) is 13.0 Å². The van der Waals surface area contributed by atoms with Crippen molar-refractivity contribution in [2.45, 2.75) is 38.8 Å². The lowest BCUT2D eigenvalue weighted by Crippen LogP contribution is -2.24. The Morgan fingerprint density at radius 1 is 1.07 bits per heavy atom. The number of imidazole rings is 1. The standard InChI is InChI=1S/C22H25ClN2O2/c1-2-15-26-21-5-3-4-6-22(21)27-20(16-25-14-13-24-17-25)12-9-18-7-10-19(23)11-8-18/h3-8,10-11,13-14,17,20H,2,9,12,15-16H2,1H3. The highest BCUT2D eigenvalue weighted by Gasteiger charge is 2.15. The summed E-state index contributed by atoms with van der Waals surface area (Å²) in [6.45, 7) is 3.50. The molecule has 0 aliphatic carbocycles. The van der Waals surface area contributed by atoms with Crippen LogP contribution in [0.25, 0.3) is 0 Å². The minimum Gasteiger partial charge on any atom is -0.490 e. The lowest BCUT2D eigenvalue weighted by Gasteiger charge is -2.21. The van der Waals surface area contributed by atoms with E-state index in [2.05, 4.69) is 24.0 Å². The maximum atomic E-state index is 6.36. The third-order valence-electron chi connectivity index (χ3n) is 4.25. The molecule has 27 heavy (non-hydrogen) atoms. The van der Waals surface area contributed by atoms with E-state index in [9.17, 15) is 0 Å². The van der Waals surface area contributed by atoms with Crippen LogP contribution in [0.2, 0.25) is 5.02 Å². The van der Waals surface area contributed by atoms with Crippen LogP contribution in [0, 0.1) is 0 Å². The van der Waals surface area contributed by atoms with E-state index in [1.165, 1.54) is 5.56 Å². The maximum absolute atomic E-state index is 6.36. The molecule has 1 heterocycles. The van der Waals surface area contributed by atoms with Crippen LogP contribution in [0.1, 0.15) is 25.3 Å². The molecule has 3 aromatic rings. The van der Waals surface area contributed by atoms with Crippen molar-refractivity contribution >= 4 is 11.6 Å². The monoisotopic (exact) mass is 384 g/mol. The summed E-state index contributed by atoms with van der Waals surface area (Å²) in [4.78, 5) is 4.14. The van der Waals surface area contributed by atoms with E-state index in [1.54, 1.807) is 6.20 Å². The van der Waals surface area contributed by atoms with Gasteiger partial charge < -0.3 is 14.0 Å². The Morgan fingerprint density at radius 2 is 1.85 bits per heavy atom. The summed E-state index contributed by atoms with van der Waals surface area (Å²) in [5.74, 6) is 1.58. The third kappa shape index (κ3) is 6.04. The summed E-state index contributed by atoms with van der Waals surface area (Å²) in [6.07, 6.45) is 8.31. The summed E-state index contributed by atoms with van der Waals surface area (Å²) >= 11 is 5.99. The largest absolute Gasteiger partial charge is 0.490 e. The van der Waals surface area contributed by atoms with Crippen LogP contribution in [0.15, 0.2) is 67.3 Å². The van der Waals surface area contributed by atoms with Gasteiger partial charge in [-0.3, -0.25) is 0 Å². The van der Waals surface area contributed by atoms with Gasteiger partial charge in [0, 0.05) is 17.4 Å². The molecule has 2 aromatic carbocycles. The van der Waals surface area contributed by atoms with Gasteiger partial charge in [-0.25, -0.2) is 4.98 Å². The van der Waals surface area contributed by atoms with Crippen LogP contribution < -0.4 is 9.47 Å². The SMILES string of the molecule is CCCOc1ccccc1OC(CCc1ccc(Cl)cc1)Cn1ccnc1. The highest BCUT2D eigenvalue weighted by atomic mass is 35.5. The fourth-order valence-electron chi connectivity index (χ4n) is 2.85. The van der Waals surface area contributed by atoms with Gasteiger partial charge in [0.25, 0.3) is 0 Å². The Labute approximate surface area is 165 Å². The number of halogens is 1. The zero-order valence-corrected chi connectivity index (χ0v) is 16.3. The van der Waals surface area contributed by atoms with E-state index >= 15 is 0 Å². The number of hydrogen-bond donors (Lipinski definition) is 0. The van der Waals surface area contributed by atoms with Crippen LogP contribution in [0.5, 0.6) is 11.5 Å². The molecule has 3 rings (SSSR count). The number of para-hydroxylation sites is 2. The molecule has 0 N–H and O–H groups in total. The Morgan fingerprint density at radius 3 is 2.56 bits per heavy atom. The smallest absolute Gasteiger partial charge is 0.161 e. The normalized spacial score (nSPS) is 11.9. The van der Waals surface area contributed by atoms with Crippen LogP contribution >= 0.6 is 11.6 Å². The Balaban J connectivity index is 1.70. The average Bonchev–Trinajstić information content (AvgIpc) is 3.20. The van der Waals surface area contributed by atoms with Crippen molar-refractivity contribution in [2.75, 3.05) is 6.61 Å². The van der Waals surface area contributed by atoms with Crippen LogP contribution in [0.4, 0.5) is 0 Å².